The summed E-state index contributed by atoms with van der Waals surface area (Å²) in [5, 5.41) is 2.78. The third kappa shape index (κ3) is 1.61. The summed E-state index contributed by atoms with van der Waals surface area (Å²) in [4.78, 5) is 8.00. The van der Waals surface area contributed by atoms with Gasteiger partial charge in [0.05, 0.1) is 0 Å². The fourth-order valence-corrected chi connectivity index (χ4v) is 3.06. The average molecular weight is 228 g/mol. The molecule has 0 saturated carbocycles. The maximum Gasteiger partial charge on any atom is 0.106 e. The highest BCUT2D eigenvalue weighted by atomic mass is 32.1. The molecule has 80 valence electrons. The van der Waals surface area contributed by atoms with Crippen molar-refractivity contribution in [2.75, 3.05) is 0 Å². The number of rotatable bonds is 0. The Morgan fingerprint density at radius 1 is 0.938 bits per heavy atom. The van der Waals surface area contributed by atoms with Crippen LogP contribution in [0.3, 0.4) is 0 Å². The molecule has 3 aromatic rings. The fourth-order valence-electron chi connectivity index (χ4n) is 1.89. The van der Waals surface area contributed by atoms with Crippen molar-refractivity contribution in [3.05, 3.63) is 48.0 Å². The molecule has 1 heterocycles. The van der Waals surface area contributed by atoms with E-state index in [1.54, 1.807) is 0 Å². The Hall–Kier alpha value is -1.67. The first-order valence-electron chi connectivity index (χ1n) is 5.02. The van der Waals surface area contributed by atoms with E-state index < -0.39 is 0 Å². The Bertz CT molecular complexity index is 625. The van der Waals surface area contributed by atoms with Gasteiger partial charge in [-0.1, -0.05) is 36.4 Å². The van der Waals surface area contributed by atoms with E-state index >= 15 is 0 Å². The van der Waals surface area contributed by atoms with Crippen LogP contribution in [0.2, 0.25) is 0 Å². The van der Waals surface area contributed by atoms with E-state index in [1.165, 1.54) is 25.7 Å². The molecule has 0 spiro atoms. The molecule has 0 aliphatic heterocycles. The summed E-state index contributed by atoms with van der Waals surface area (Å²) in [7, 11) is 0. The lowest BCUT2D eigenvalue weighted by Gasteiger charge is -1.93. The zero-order valence-corrected chi connectivity index (χ0v) is 9.88. The monoisotopic (exact) mass is 228 g/mol. The third-order valence-electron chi connectivity index (χ3n) is 2.60. The molecule has 0 aliphatic rings. The predicted molar refractivity (Wildman–Crippen MR) is 71.2 cm³/mol. The average Bonchev–Trinajstić information content (AvgIpc) is 2.72. The van der Waals surface area contributed by atoms with Crippen LogP contribution in [0.25, 0.3) is 20.2 Å². The number of hydrogen-bond donors (Lipinski definition) is 0. The highest BCUT2D eigenvalue weighted by Gasteiger charge is 2.04. The second-order valence-corrected chi connectivity index (χ2v) is 4.60. The molecule has 0 atom stereocenters. The Kier molecular flexibility index (Phi) is 3.02. The predicted octanol–water partition coefficient (Wildman–Crippen LogP) is 4.18. The van der Waals surface area contributed by atoms with Gasteiger partial charge in [-0.15, -0.1) is 11.3 Å². The lowest BCUT2D eigenvalue weighted by atomic mass is 10.1. The standard InChI is InChI=1S/C13H10S.CH2O/c1-9-5-4-7-11-10-6-2-3-8-12(10)14-13(9)11;1-2/h2-8H,1H3;1H2. The van der Waals surface area contributed by atoms with Crippen molar-refractivity contribution in [2.24, 2.45) is 0 Å². The summed E-state index contributed by atoms with van der Waals surface area (Å²) in [5.74, 6) is 0. The number of hydrogen-bond acceptors (Lipinski definition) is 2. The lowest BCUT2D eigenvalue weighted by Crippen LogP contribution is -1.69. The van der Waals surface area contributed by atoms with Gasteiger partial charge in [0.15, 0.2) is 0 Å². The van der Waals surface area contributed by atoms with Crippen molar-refractivity contribution in [1.82, 2.24) is 0 Å². The van der Waals surface area contributed by atoms with E-state index in [0.29, 0.717) is 0 Å². The van der Waals surface area contributed by atoms with Gasteiger partial charge in [0.1, 0.15) is 6.79 Å². The van der Waals surface area contributed by atoms with Gasteiger partial charge in [0, 0.05) is 20.2 Å². The molecule has 2 aromatic carbocycles. The van der Waals surface area contributed by atoms with E-state index in [1.807, 2.05) is 18.1 Å². The molecule has 0 N–H and O–H groups in total. The zero-order chi connectivity index (χ0) is 11.5. The molecule has 0 radical (unpaired) electrons. The largest absolute Gasteiger partial charge is 0.307 e. The first-order chi connectivity index (χ1) is 7.86. The Morgan fingerprint density at radius 3 is 2.44 bits per heavy atom. The van der Waals surface area contributed by atoms with Gasteiger partial charge >= 0.3 is 0 Å². The quantitative estimate of drug-likeness (QED) is 0.564. The minimum Gasteiger partial charge on any atom is -0.307 e. The van der Waals surface area contributed by atoms with Gasteiger partial charge in [0.25, 0.3) is 0 Å². The second-order valence-electron chi connectivity index (χ2n) is 3.55. The molecule has 0 saturated heterocycles. The minimum atomic E-state index is 1.38. The molecule has 1 aromatic heterocycles. The summed E-state index contributed by atoms with van der Waals surface area (Å²) in [6.45, 7) is 4.18. The molecular weight excluding hydrogens is 216 g/mol. The normalized spacial score (nSPS) is 10.1. The molecule has 2 heteroatoms. The van der Waals surface area contributed by atoms with Gasteiger partial charge in [-0.2, -0.15) is 0 Å². The molecule has 0 fully saturated rings. The minimum absolute atomic E-state index is 1.38. The van der Waals surface area contributed by atoms with Crippen LogP contribution < -0.4 is 0 Å². The van der Waals surface area contributed by atoms with Crippen molar-refractivity contribution < 1.29 is 4.79 Å². The van der Waals surface area contributed by atoms with Crippen LogP contribution in [0.1, 0.15) is 5.56 Å². The molecule has 0 unspecified atom stereocenters. The summed E-state index contributed by atoms with van der Waals surface area (Å²) >= 11 is 1.89. The van der Waals surface area contributed by atoms with Gasteiger partial charge in [-0.3, -0.25) is 0 Å². The van der Waals surface area contributed by atoms with E-state index in [-0.39, 0.29) is 0 Å². The first kappa shape index (κ1) is 10.8. The van der Waals surface area contributed by atoms with Crippen molar-refractivity contribution >= 4 is 38.3 Å². The van der Waals surface area contributed by atoms with Gasteiger partial charge in [0.2, 0.25) is 0 Å². The fraction of sp³-hybridized carbons (Fsp3) is 0.0714. The van der Waals surface area contributed by atoms with E-state index in [4.69, 9.17) is 4.79 Å². The second kappa shape index (κ2) is 4.45. The number of benzene rings is 2. The third-order valence-corrected chi connectivity index (χ3v) is 3.92. The zero-order valence-electron chi connectivity index (χ0n) is 9.07. The summed E-state index contributed by atoms with van der Waals surface area (Å²) in [6, 6.07) is 15.1. The Labute approximate surface area is 98.3 Å². The van der Waals surface area contributed by atoms with Crippen LogP contribution in [0.15, 0.2) is 42.5 Å². The van der Waals surface area contributed by atoms with Crippen LogP contribution in [0.5, 0.6) is 0 Å². The first-order valence-corrected chi connectivity index (χ1v) is 5.83. The molecule has 0 amide bonds. The van der Waals surface area contributed by atoms with Gasteiger partial charge < -0.3 is 4.79 Å². The van der Waals surface area contributed by atoms with Crippen molar-refractivity contribution in [1.29, 1.82) is 0 Å². The van der Waals surface area contributed by atoms with E-state index in [9.17, 15) is 0 Å². The number of carbonyl (C=O) groups excluding carboxylic acids is 1. The maximum atomic E-state index is 8.00. The highest BCUT2D eigenvalue weighted by molar-refractivity contribution is 7.26. The van der Waals surface area contributed by atoms with Gasteiger partial charge in [-0.25, -0.2) is 0 Å². The van der Waals surface area contributed by atoms with Crippen molar-refractivity contribution in [3.63, 3.8) is 0 Å². The molecular formula is C14H12OS. The topological polar surface area (TPSA) is 17.1 Å². The molecule has 1 nitrogen and oxygen atoms in total. The maximum absolute atomic E-state index is 8.00. The van der Waals surface area contributed by atoms with Crippen LogP contribution in [0.4, 0.5) is 0 Å². The van der Waals surface area contributed by atoms with E-state index in [0.717, 1.165) is 0 Å². The molecule has 0 bridgehead atoms. The van der Waals surface area contributed by atoms with Crippen LogP contribution in [-0.2, 0) is 4.79 Å². The van der Waals surface area contributed by atoms with Gasteiger partial charge in [-0.05, 0) is 18.6 Å². The van der Waals surface area contributed by atoms with Crippen LogP contribution >= 0.6 is 11.3 Å². The SMILES string of the molecule is C=O.Cc1cccc2c1sc1ccccc12. The Balaban J connectivity index is 0.000000457. The van der Waals surface area contributed by atoms with Crippen molar-refractivity contribution in [2.45, 2.75) is 6.92 Å². The molecule has 0 aliphatic carbocycles. The highest BCUT2D eigenvalue weighted by Crippen LogP contribution is 2.35. The van der Waals surface area contributed by atoms with Crippen LogP contribution in [0, 0.1) is 6.92 Å². The number of carbonyl (C=O) groups is 1. The molecule has 16 heavy (non-hydrogen) atoms. The number of fused-ring (bicyclic) bond motifs is 3. The lowest BCUT2D eigenvalue weighted by molar-refractivity contribution is -0.0979. The number of thiophene rings is 1. The summed E-state index contributed by atoms with van der Waals surface area (Å²) in [6.07, 6.45) is 0. The van der Waals surface area contributed by atoms with Crippen LogP contribution in [-0.4, -0.2) is 6.79 Å². The van der Waals surface area contributed by atoms with Crippen molar-refractivity contribution in [3.8, 4) is 0 Å². The molecule has 3 rings (SSSR count). The Morgan fingerprint density at radius 2 is 1.62 bits per heavy atom. The smallest absolute Gasteiger partial charge is 0.106 e. The summed E-state index contributed by atoms with van der Waals surface area (Å²) in [5.41, 5.74) is 1.38. The van der Waals surface area contributed by atoms with E-state index in [2.05, 4.69) is 49.4 Å². The number of aryl methyl sites for hydroxylation is 1. The summed E-state index contributed by atoms with van der Waals surface area (Å²) < 4.78 is 2.81.